The minimum atomic E-state index is 0.491. The van der Waals surface area contributed by atoms with Gasteiger partial charge in [-0.15, -0.1) is 0 Å². The lowest BCUT2D eigenvalue weighted by Gasteiger charge is -2.12. The first-order chi connectivity index (χ1) is 10.7. The molecule has 2 saturated heterocycles. The summed E-state index contributed by atoms with van der Waals surface area (Å²) in [7, 11) is 0. The zero-order chi connectivity index (χ0) is 15.4. The van der Waals surface area contributed by atoms with E-state index >= 15 is 0 Å². The molecular weight excluding hydrogens is 272 g/mol. The molecule has 3 rings (SSSR count). The van der Waals surface area contributed by atoms with Crippen LogP contribution in [0.4, 0.5) is 0 Å². The number of hydrogen-bond acceptors (Lipinski definition) is 3. The van der Waals surface area contributed by atoms with Gasteiger partial charge in [-0.2, -0.15) is 0 Å². The van der Waals surface area contributed by atoms with Crippen molar-refractivity contribution in [1.82, 2.24) is 4.90 Å². The topological polar surface area (TPSA) is 24.8 Å². The third-order valence-corrected chi connectivity index (χ3v) is 4.23. The Bertz CT molecular complexity index is 646. The number of aryl methyl sites for hydroxylation is 1. The van der Waals surface area contributed by atoms with E-state index in [1.165, 1.54) is 30.8 Å². The monoisotopic (exact) mass is 294 g/mol. The van der Waals surface area contributed by atoms with Crippen LogP contribution in [0.25, 0.3) is 0 Å². The number of benzene rings is 1. The standard InChI is InChI=1S/C19H22N2O/c1-15-3-6-17(7-4-15)8-5-16(2)10-12-22-20-19-14-21-11-9-18(19)13-21/h3-4,6-7,10,18H,9,11-14H2,1-2H3/b16-10+,20-19-. The van der Waals surface area contributed by atoms with Gasteiger partial charge in [-0.1, -0.05) is 34.7 Å². The molecule has 0 amide bonds. The number of fused-ring (bicyclic) bond motifs is 2. The summed E-state index contributed by atoms with van der Waals surface area (Å²) in [5.41, 5.74) is 4.51. The van der Waals surface area contributed by atoms with E-state index in [9.17, 15) is 0 Å². The minimum Gasteiger partial charge on any atom is -0.392 e. The normalized spacial score (nSPS) is 25.2. The molecule has 1 aromatic rings. The zero-order valence-electron chi connectivity index (χ0n) is 13.3. The largest absolute Gasteiger partial charge is 0.392 e. The fraction of sp³-hybridized carbons (Fsp3) is 0.421. The Morgan fingerprint density at radius 2 is 2.23 bits per heavy atom. The molecule has 2 atom stereocenters. The summed E-state index contributed by atoms with van der Waals surface area (Å²) in [5, 5.41) is 4.29. The van der Waals surface area contributed by atoms with Crippen molar-refractivity contribution in [3.8, 4) is 11.8 Å². The van der Waals surface area contributed by atoms with Crippen molar-refractivity contribution < 1.29 is 4.84 Å². The van der Waals surface area contributed by atoms with E-state index in [-0.39, 0.29) is 0 Å². The molecule has 0 N–H and O–H groups in total. The van der Waals surface area contributed by atoms with Gasteiger partial charge in [0.05, 0.1) is 5.71 Å². The summed E-state index contributed by atoms with van der Waals surface area (Å²) in [5.74, 6) is 6.94. The summed E-state index contributed by atoms with van der Waals surface area (Å²) in [6, 6.07) is 8.24. The van der Waals surface area contributed by atoms with Gasteiger partial charge in [-0.05, 0) is 50.6 Å². The molecule has 0 aliphatic carbocycles. The number of rotatable bonds is 3. The van der Waals surface area contributed by atoms with Crippen molar-refractivity contribution >= 4 is 5.71 Å². The van der Waals surface area contributed by atoms with Crippen LogP contribution in [-0.4, -0.2) is 36.9 Å². The molecule has 2 bridgehead atoms. The third-order valence-electron chi connectivity index (χ3n) is 4.23. The summed E-state index contributed by atoms with van der Waals surface area (Å²) in [6.07, 6.45) is 3.22. The highest BCUT2D eigenvalue weighted by Crippen LogP contribution is 2.25. The maximum Gasteiger partial charge on any atom is 0.136 e. The average Bonchev–Trinajstić information content (AvgIpc) is 3.14. The molecule has 2 aliphatic heterocycles. The summed E-state index contributed by atoms with van der Waals surface area (Å²) in [4.78, 5) is 7.86. The minimum absolute atomic E-state index is 0.491. The van der Waals surface area contributed by atoms with Crippen molar-refractivity contribution in [2.24, 2.45) is 11.1 Å². The van der Waals surface area contributed by atoms with Crippen molar-refractivity contribution in [1.29, 1.82) is 0 Å². The van der Waals surface area contributed by atoms with Gasteiger partial charge in [0.15, 0.2) is 0 Å². The lowest BCUT2D eigenvalue weighted by Crippen LogP contribution is -2.23. The number of hydrogen-bond donors (Lipinski definition) is 0. The quantitative estimate of drug-likeness (QED) is 0.486. The highest BCUT2D eigenvalue weighted by Gasteiger charge is 2.35. The van der Waals surface area contributed by atoms with E-state index in [1.54, 1.807) is 0 Å². The van der Waals surface area contributed by atoms with Crippen LogP contribution in [0.5, 0.6) is 0 Å². The van der Waals surface area contributed by atoms with Gasteiger partial charge in [0.25, 0.3) is 0 Å². The number of allylic oxidation sites excluding steroid dienone is 1. The SMILES string of the molecule is C/C(C#Cc1ccc(C)cc1)=C\CO/N=C1/CN2CCC1C2. The van der Waals surface area contributed by atoms with Gasteiger partial charge in [0, 0.05) is 24.6 Å². The van der Waals surface area contributed by atoms with Gasteiger partial charge in [-0.25, -0.2) is 0 Å². The second kappa shape index (κ2) is 6.81. The van der Waals surface area contributed by atoms with Crippen LogP contribution in [0.15, 0.2) is 41.1 Å². The first-order valence-electron chi connectivity index (χ1n) is 7.87. The molecule has 0 saturated carbocycles. The molecule has 0 aromatic heterocycles. The Morgan fingerprint density at radius 1 is 1.41 bits per heavy atom. The predicted molar refractivity (Wildman–Crippen MR) is 89.7 cm³/mol. The van der Waals surface area contributed by atoms with E-state index in [2.05, 4.69) is 41.0 Å². The van der Waals surface area contributed by atoms with Crippen molar-refractivity contribution in [2.75, 3.05) is 26.2 Å². The fourth-order valence-electron chi connectivity index (χ4n) is 2.85. The Labute approximate surface area is 132 Å². The van der Waals surface area contributed by atoms with Gasteiger partial charge in [0.2, 0.25) is 0 Å². The van der Waals surface area contributed by atoms with Crippen LogP contribution < -0.4 is 0 Å². The maximum absolute atomic E-state index is 5.43. The fourth-order valence-corrected chi connectivity index (χ4v) is 2.85. The van der Waals surface area contributed by atoms with Crippen LogP contribution in [0.1, 0.15) is 24.5 Å². The van der Waals surface area contributed by atoms with Crippen LogP contribution >= 0.6 is 0 Å². The molecule has 0 radical (unpaired) electrons. The number of nitrogens with zero attached hydrogens (tertiary/aromatic N) is 2. The average molecular weight is 294 g/mol. The molecule has 0 spiro atoms. The van der Waals surface area contributed by atoms with Crippen LogP contribution in [0.2, 0.25) is 0 Å². The molecule has 2 aliphatic rings. The molecule has 22 heavy (non-hydrogen) atoms. The van der Waals surface area contributed by atoms with Crippen LogP contribution in [-0.2, 0) is 4.84 Å². The Balaban J connectivity index is 1.48. The molecule has 2 fully saturated rings. The molecule has 114 valence electrons. The molecule has 3 heteroatoms. The lowest BCUT2D eigenvalue weighted by atomic mass is 10.0. The lowest BCUT2D eigenvalue weighted by molar-refractivity contribution is 0.171. The second-order valence-electron chi connectivity index (χ2n) is 6.10. The highest BCUT2D eigenvalue weighted by molar-refractivity contribution is 5.91. The maximum atomic E-state index is 5.43. The first-order valence-corrected chi connectivity index (χ1v) is 7.87. The molecular formula is C19H22N2O. The molecule has 2 heterocycles. The smallest absolute Gasteiger partial charge is 0.136 e. The Morgan fingerprint density at radius 3 is 2.91 bits per heavy atom. The van der Waals surface area contributed by atoms with Crippen molar-refractivity contribution in [3.63, 3.8) is 0 Å². The van der Waals surface area contributed by atoms with Gasteiger partial charge in [0.1, 0.15) is 6.61 Å². The summed E-state index contributed by atoms with van der Waals surface area (Å²) >= 11 is 0. The Hall–Kier alpha value is -2.05. The predicted octanol–water partition coefficient (Wildman–Crippen LogP) is 3.00. The van der Waals surface area contributed by atoms with E-state index < -0.39 is 0 Å². The van der Waals surface area contributed by atoms with Gasteiger partial charge in [-0.3, -0.25) is 4.90 Å². The van der Waals surface area contributed by atoms with E-state index in [4.69, 9.17) is 4.84 Å². The highest BCUT2D eigenvalue weighted by atomic mass is 16.6. The zero-order valence-corrected chi connectivity index (χ0v) is 13.3. The van der Waals surface area contributed by atoms with Crippen LogP contribution in [0, 0.1) is 24.7 Å². The van der Waals surface area contributed by atoms with Gasteiger partial charge < -0.3 is 4.84 Å². The van der Waals surface area contributed by atoms with Crippen molar-refractivity contribution in [2.45, 2.75) is 20.3 Å². The van der Waals surface area contributed by atoms with Gasteiger partial charge >= 0.3 is 0 Å². The number of oxime groups is 1. The molecule has 1 aromatic carbocycles. The summed E-state index contributed by atoms with van der Waals surface area (Å²) in [6.45, 7) is 7.94. The summed E-state index contributed by atoms with van der Waals surface area (Å²) < 4.78 is 0. The number of piperidine rings is 1. The second-order valence-corrected chi connectivity index (χ2v) is 6.10. The van der Waals surface area contributed by atoms with E-state index in [0.717, 1.165) is 17.7 Å². The third kappa shape index (κ3) is 3.78. The van der Waals surface area contributed by atoms with E-state index in [0.29, 0.717) is 12.5 Å². The van der Waals surface area contributed by atoms with Crippen molar-refractivity contribution in [3.05, 3.63) is 47.0 Å². The van der Waals surface area contributed by atoms with Crippen LogP contribution in [0.3, 0.4) is 0 Å². The Kier molecular flexibility index (Phi) is 4.60. The molecule has 2 unspecified atom stereocenters. The molecule has 3 nitrogen and oxygen atoms in total. The van der Waals surface area contributed by atoms with E-state index in [1.807, 2.05) is 25.1 Å². The first kappa shape index (κ1) is 14.9.